The number of rotatable bonds is 7. The number of aromatic nitrogens is 2. The van der Waals surface area contributed by atoms with E-state index in [0.717, 1.165) is 5.69 Å². The maximum Gasteiger partial charge on any atom is 0.202 e. The second-order valence-corrected chi connectivity index (χ2v) is 7.42. The number of Topliss-reactive ketones (excluding diaryl/α,β-unsaturated/α-hetero) is 1. The quantitative estimate of drug-likeness (QED) is 0.345. The van der Waals surface area contributed by atoms with Gasteiger partial charge in [0.15, 0.2) is 17.4 Å². The summed E-state index contributed by atoms with van der Waals surface area (Å²) < 4.78 is 31.7. The number of ketones is 1. The number of nitrogen functional groups attached to an aromatic ring is 1. The molecule has 30 heavy (non-hydrogen) atoms. The first-order valence-corrected chi connectivity index (χ1v) is 9.74. The number of hydrogen-bond acceptors (Lipinski definition) is 5. The van der Waals surface area contributed by atoms with E-state index < -0.39 is 28.5 Å². The van der Waals surface area contributed by atoms with Gasteiger partial charge in [-0.3, -0.25) is 14.6 Å². The molecule has 1 aromatic carbocycles. The third-order valence-electron chi connectivity index (χ3n) is 4.96. The summed E-state index contributed by atoms with van der Waals surface area (Å²) in [5.74, 6) is -2.44. The second kappa shape index (κ2) is 8.61. The van der Waals surface area contributed by atoms with Gasteiger partial charge in [0.1, 0.15) is 5.69 Å². The van der Waals surface area contributed by atoms with Crippen LogP contribution >= 0.6 is 0 Å². The van der Waals surface area contributed by atoms with Crippen LogP contribution in [0.1, 0.15) is 49.3 Å². The summed E-state index contributed by atoms with van der Waals surface area (Å²) in [6.45, 7) is 5.06. The lowest BCUT2D eigenvalue weighted by Gasteiger charge is -2.20. The van der Waals surface area contributed by atoms with E-state index in [1.54, 1.807) is 20.0 Å². The molecule has 0 unspecified atom stereocenters. The number of carbonyl (C=O) groups excluding carboxylic acids is 1. The molecule has 6 nitrogen and oxygen atoms in total. The maximum atomic E-state index is 15.4. The highest BCUT2D eigenvalue weighted by Crippen LogP contribution is 2.34. The first kappa shape index (κ1) is 21.4. The van der Waals surface area contributed by atoms with Crippen molar-refractivity contribution in [1.29, 1.82) is 0 Å². The smallest absolute Gasteiger partial charge is 0.202 e. The number of fused-ring (bicyclic) bond motifs is 1. The van der Waals surface area contributed by atoms with Crippen LogP contribution in [-0.2, 0) is 6.42 Å². The third-order valence-corrected chi connectivity index (χ3v) is 4.96. The van der Waals surface area contributed by atoms with Crippen molar-refractivity contribution >= 4 is 28.1 Å². The molecule has 0 saturated heterocycles. The monoisotopic (exact) mass is 414 g/mol. The van der Waals surface area contributed by atoms with Crippen LogP contribution in [-0.4, -0.2) is 21.9 Å². The van der Waals surface area contributed by atoms with E-state index in [1.807, 2.05) is 18.2 Å². The van der Waals surface area contributed by atoms with Crippen LogP contribution in [0.4, 0.5) is 20.2 Å². The Bertz CT molecular complexity index is 1160. The van der Waals surface area contributed by atoms with Crippen LogP contribution in [0, 0.1) is 11.6 Å². The van der Waals surface area contributed by atoms with E-state index in [4.69, 9.17) is 5.73 Å². The fourth-order valence-electron chi connectivity index (χ4n) is 3.41. The average molecular weight is 414 g/mol. The molecule has 8 heteroatoms. The number of pyridine rings is 2. The lowest BCUT2D eigenvalue weighted by atomic mass is 10.0. The van der Waals surface area contributed by atoms with Crippen molar-refractivity contribution in [2.75, 3.05) is 17.6 Å². The van der Waals surface area contributed by atoms with Crippen LogP contribution in [0.15, 0.2) is 35.4 Å². The van der Waals surface area contributed by atoms with Crippen LogP contribution in [0.3, 0.4) is 0 Å². The standard InChI is InChI=1S/C22H24F2N4O2/c1-12(2)28-11-15(13(3)29)22(30)16-19(25)17(23)20(18(24)21(16)28)27-10-6-8-14-7-4-5-9-26-14/h4-5,7,9,11-12,27H,6,8,10,25H2,1-3H3. The summed E-state index contributed by atoms with van der Waals surface area (Å²) in [5.41, 5.74) is 4.88. The molecule has 0 atom stereocenters. The Morgan fingerprint density at radius 3 is 2.60 bits per heavy atom. The summed E-state index contributed by atoms with van der Waals surface area (Å²) in [5, 5.41) is 2.45. The number of hydrogen-bond donors (Lipinski definition) is 2. The number of benzene rings is 1. The first-order valence-electron chi connectivity index (χ1n) is 9.74. The Balaban J connectivity index is 2.04. The van der Waals surface area contributed by atoms with E-state index in [2.05, 4.69) is 10.3 Å². The summed E-state index contributed by atoms with van der Waals surface area (Å²) in [4.78, 5) is 28.8. The predicted molar refractivity (Wildman–Crippen MR) is 114 cm³/mol. The average Bonchev–Trinajstić information content (AvgIpc) is 2.71. The Labute approximate surface area is 172 Å². The molecule has 0 radical (unpaired) electrons. The van der Waals surface area contributed by atoms with Gasteiger partial charge in [-0.1, -0.05) is 6.07 Å². The van der Waals surface area contributed by atoms with Gasteiger partial charge in [0.25, 0.3) is 0 Å². The first-order chi connectivity index (χ1) is 14.2. The number of nitrogens with zero attached hydrogens (tertiary/aromatic N) is 2. The Kier molecular flexibility index (Phi) is 6.14. The zero-order chi connectivity index (χ0) is 22.0. The maximum absolute atomic E-state index is 15.4. The number of aryl methyl sites for hydroxylation is 1. The Morgan fingerprint density at radius 1 is 1.27 bits per heavy atom. The van der Waals surface area contributed by atoms with Crippen molar-refractivity contribution in [3.63, 3.8) is 0 Å². The van der Waals surface area contributed by atoms with Crippen LogP contribution in [0.25, 0.3) is 10.9 Å². The number of anilines is 2. The summed E-state index contributed by atoms with van der Waals surface area (Å²) >= 11 is 0. The molecule has 2 heterocycles. The number of nitrogens with two attached hydrogens (primary N) is 1. The highest BCUT2D eigenvalue weighted by Gasteiger charge is 2.25. The minimum Gasteiger partial charge on any atom is -0.396 e. The van der Waals surface area contributed by atoms with Gasteiger partial charge in [-0.2, -0.15) is 0 Å². The summed E-state index contributed by atoms with van der Waals surface area (Å²) in [7, 11) is 0. The highest BCUT2D eigenvalue weighted by atomic mass is 19.1. The SMILES string of the molecule is CC(=O)c1cn(C(C)C)c2c(F)c(NCCCc3ccccn3)c(F)c(N)c2c1=O. The minimum atomic E-state index is -1.04. The Morgan fingerprint density at radius 2 is 2.00 bits per heavy atom. The molecule has 0 fully saturated rings. The molecule has 0 saturated carbocycles. The molecule has 3 N–H and O–H groups in total. The van der Waals surface area contributed by atoms with E-state index in [1.165, 1.54) is 17.7 Å². The van der Waals surface area contributed by atoms with Gasteiger partial charge in [0, 0.05) is 30.7 Å². The second-order valence-electron chi connectivity index (χ2n) is 7.42. The van der Waals surface area contributed by atoms with E-state index >= 15 is 4.39 Å². The Hall–Kier alpha value is -3.29. The minimum absolute atomic E-state index is 0.119. The van der Waals surface area contributed by atoms with Crippen molar-refractivity contribution in [2.45, 2.75) is 39.7 Å². The van der Waals surface area contributed by atoms with Crippen molar-refractivity contribution < 1.29 is 13.6 Å². The number of halogens is 2. The molecule has 0 aliphatic carbocycles. The van der Waals surface area contributed by atoms with Crippen molar-refractivity contribution in [3.8, 4) is 0 Å². The number of nitrogens with one attached hydrogen (secondary N) is 1. The zero-order valence-corrected chi connectivity index (χ0v) is 17.1. The van der Waals surface area contributed by atoms with Gasteiger partial charge in [-0.05, 0) is 45.7 Å². The summed E-state index contributed by atoms with van der Waals surface area (Å²) in [6, 6.07) is 5.28. The largest absolute Gasteiger partial charge is 0.396 e. The van der Waals surface area contributed by atoms with Crippen molar-refractivity contribution in [2.24, 2.45) is 0 Å². The van der Waals surface area contributed by atoms with Gasteiger partial charge in [-0.15, -0.1) is 0 Å². The molecule has 0 spiro atoms. The third kappa shape index (κ3) is 3.90. The van der Waals surface area contributed by atoms with Crippen LogP contribution in [0.5, 0.6) is 0 Å². The molecule has 3 rings (SSSR count). The molecular formula is C22H24F2N4O2. The van der Waals surface area contributed by atoms with Crippen LogP contribution < -0.4 is 16.5 Å². The van der Waals surface area contributed by atoms with E-state index in [-0.39, 0.29) is 34.7 Å². The molecule has 3 aromatic rings. The fourth-order valence-corrected chi connectivity index (χ4v) is 3.41. The molecular weight excluding hydrogens is 390 g/mol. The molecule has 0 aliphatic rings. The van der Waals surface area contributed by atoms with Crippen LogP contribution in [0.2, 0.25) is 0 Å². The van der Waals surface area contributed by atoms with Gasteiger partial charge in [-0.25, -0.2) is 8.78 Å². The topological polar surface area (TPSA) is 90.0 Å². The molecule has 2 aromatic heterocycles. The molecule has 0 aliphatic heterocycles. The van der Waals surface area contributed by atoms with Gasteiger partial charge >= 0.3 is 0 Å². The molecule has 0 amide bonds. The summed E-state index contributed by atoms with van der Waals surface area (Å²) in [6.07, 6.45) is 4.22. The van der Waals surface area contributed by atoms with Crippen molar-refractivity contribution in [3.05, 3.63) is 63.7 Å². The molecule has 0 bridgehead atoms. The number of carbonyl (C=O) groups is 1. The van der Waals surface area contributed by atoms with E-state index in [0.29, 0.717) is 12.8 Å². The highest BCUT2D eigenvalue weighted by molar-refractivity contribution is 6.01. The van der Waals surface area contributed by atoms with Crippen molar-refractivity contribution in [1.82, 2.24) is 9.55 Å². The van der Waals surface area contributed by atoms with Gasteiger partial charge < -0.3 is 15.6 Å². The lowest BCUT2D eigenvalue weighted by molar-refractivity contribution is 0.101. The van der Waals surface area contributed by atoms with Gasteiger partial charge in [0.2, 0.25) is 5.43 Å². The lowest BCUT2D eigenvalue weighted by Crippen LogP contribution is -2.22. The fraction of sp³-hybridized carbons (Fsp3) is 0.318. The predicted octanol–water partition coefficient (Wildman–Crippen LogP) is 4.09. The van der Waals surface area contributed by atoms with Gasteiger partial charge in [0.05, 0.1) is 22.2 Å². The normalized spacial score (nSPS) is 11.3. The zero-order valence-electron chi connectivity index (χ0n) is 17.1. The van der Waals surface area contributed by atoms with E-state index in [9.17, 15) is 14.0 Å². The molecule has 158 valence electrons.